The second kappa shape index (κ2) is 14.7. The van der Waals surface area contributed by atoms with Crippen LogP contribution in [0.4, 0.5) is 5.69 Å². The van der Waals surface area contributed by atoms with Crippen molar-refractivity contribution in [3.05, 3.63) is 116 Å². The van der Waals surface area contributed by atoms with E-state index in [1.54, 1.807) is 36.4 Å². The Morgan fingerprint density at radius 1 is 0.917 bits per heavy atom. The van der Waals surface area contributed by atoms with E-state index < -0.39 is 45.8 Å². The number of phenolic OH excluding ortho intramolecular Hbond substituents is 1. The van der Waals surface area contributed by atoms with E-state index in [1.165, 1.54) is 42.7 Å². The van der Waals surface area contributed by atoms with E-state index in [9.17, 15) is 33.0 Å². The lowest BCUT2D eigenvalue weighted by molar-refractivity contribution is -0.142. The number of phenols is 1. The molecule has 0 radical (unpaired) electrons. The Balaban J connectivity index is 1.37. The number of carboxylic acids is 1. The Morgan fingerprint density at radius 2 is 1.52 bits per heavy atom. The van der Waals surface area contributed by atoms with Gasteiger partial charge in [0.15, 0.2) is 0 Å². The normalized spacial score (nSPS) is 17.1. The van der Waals surface area contributed by atoms with Crippen molar-refractivity contribution in [3.8, 4) is 5.75 Å². The molecule has 250 valence electrons. The number of aromatic hydroxyl groups is 1. The fourth-order valence-electron chi connectivity index (χ4n) is 5.47. The highest BCUT2D eigenvalue weighted by Gasteiger charge is 2.47. The number of pyridine rings is 1. The monoisotopic (exact) mass is 750 g/mol. The molecule has 1 unspecified atom stereocenters. The molecular weight excluding hydrogens is 726 g/mol. The molecule has 1 fully saturated rings. The highest BCUT2D eigenvalue weighted by molar-refractivity contribution is 7.89. The van der Waals surface area contributed by atoms with Gasteiger partial charge in [-0.1, -0.05) is 70.7 Å². The summed E-state index contributed by atoms with van der Waals surface area (Å²) in [6.45, 7) is -0.0586. The summed E-state index contributed by atoms with van der Waals surface area (Å²) in [5.74, 6) is -3.44. The van der Waals surface area contributed by atoms with Crippen molar-refractivity contribution in [2.75, 3.05) is 11.9 Å². The number of aromatic nitrogens is 1. The van der Waals surface area contributed by atoms with E-state index in [4.69, 9.17) is 46.4 Å². The number of hydrogen-bond donors (Lipinski definition) is 4. The number of aliphatic carboxylic acids is 1. The van der Waals surface area contributed by atoms with Crippen LogP contribution in [0.5, 0.6) is 5.75 Å². The minimum atomic E-state index is -4.33. The van der Waals surface area contributed by atoms with Crippen molar-refractivity contribution in [1.29, 1.82) is 0 Å². The average Bonchev–Trinajstić information content (AvgIpc) is 3.48. The standard InChI is InChI=1S/C32H26Cl4N4O7S/c33-19-12-20(34)14-23(13-19)48(46,47)40-10-9-24(18-3-7-22(41)8-4-18)29(40)31(43)39-27(32(44)45)11-17-1-5-21(6-2-17)38-30(42)28-25(35)15-37-16-26(28)36/h1-8,12-16,24,27,29,41H,9-11H2,(H,38,42)(H,39,43)(H,44,45)/t24?,27-,29-/m0/s1. The number of sulfonamides is 1. The van der Waals surface area contributed by atoms with Crippen LogP contribution in [0, 0.1) is 0 Å². The molecule has 2 amide bonds. The van der Waals surface area contributed by atoms with Gasteiger partial charge in [0, 0.05) is 47.0 Å². The van der Waals surface area contributed by atoms with Crippen molar-refractivity contribution in [2.45, 2.75) is 35.7 Å². The molecule has 0 aliphatic carbocycles. The maximum Gasteiger partial charge on any atom is 0.326 e. The third-order valence-electron chi connectivity index (χ3n) is 7.73. The van der Waals surface area contributed by atoms with E-state index in [2.05, 4.69) is 15.6 Å². The second-order valence-corrected chi connectivity index (χ2v) is 14.5. The number of anilines is 1. The second-order valence-electron chi connectivity index (χ2n) is 10.9. The summed E-state index contributed by atoms with van der Waals surface area (Å²) in [7, 11) is -4.33. The number of amides is 2. The lowest BCUT2D eigenvalue weighted by Crippen LogP contribution is -2.52. The van der Waals surface area contributed by atoms with E-state index in [0.717, 1.165) is 4.31 Å². The van der Waals surface area contributed by atoms with Crippen LogP contribution >= 0.6 is 46.4 Å². The van der Waals surface area contributed by atoms with E-state index in [-0.39, 0.29) is 55.7 Å². The largest absolute Gasteiger partial charge is 0.508 e. The Kier molecular flexibility index (Phi) is 10.8. The minimum Gasteiger partial charge on any atom is -0.508 e. The van der Waals surface area contributed by atoms with Crippen LogP contribution in [-0.4, -0.2) is 64.3 Å². The zero-order valence-corrected chi connectivity index (χ0v) is 28.4. The van der Waals surface area contributed by atoms with Gasteiger partial charge < -0.3 is 20.8 Å². The van der Waals surface area contributed by atoms with Gasteiger partial charge in [-0.15, -0.1) is 0 Å². The maximum atomic E-state index is 13.9. The first-order valence-electron chi connectivity index (χ1n) is 14.2. The molecule has 11 nitrogen and oxygen atoms in total. The summed E-state index contributed by atoms with van der Waals surface area (Å²) >= 11 is 24.3. The zero-order valence-electron chi connectivity index (χ0n) is 24.6. The van der Waals surface area contributed by atoms with E-state index >= 15 is 0 Å². The molecule has 3 atom stereocenters. The lowest BCUT2D eigenvalue weighted by Gasteiger charge is -2.28. The molecule has 1 aromatic heterocycles. The van der Waals surface area contributed by atoms with Gasteiger partial charge in [0.1, 0.15) is 17.8 Å². The zero-order chi connectivity index (χ0) is 34.7. The molecule has 0 bridgehead atoms. The molecule has 1 aliphatic rings. The van der Waals surface area contributed by atoms with Gasteiger partial charge in [-0.3, -0.25) is 14.6 Å². The Bertz CT molecular complexity index is 1940. The highest BCUT2D eigenvalue weighted by Crippen LogP contribution is 2.38. The first-order chi connectivity index (χ1) is 22.7. The molecule has 16 heteroatoms. The number of carboxylic acid groups (broad SMARTS) is 1. The van der Waals surface area contributed by atoms with E-state index in [1.807, 2.05) is 0 Å². The fourth-order valence-corrected chi connectivity index (χ4v) is 8.37. The summed E-state index contributed by atoms with van der Waals surface area (Å²) in [6.07, 6.45) is 2.64. The van der Waals surface area contributed by atoms with Crippen molar-refractivity contribution >= 4 is 79.9 Å². The smallest absolute Gasteiger partial charge is 0.326 e. The van der Waals surface area contributed by atoms with Crippen molar-refractivity contribution in [1.82, 2.24) is 14.6 Å². The minimum absolute atomic E-state index is 0.0164. The van der Waals surface area contributed by atoms with Crippen molar-refractivity contribution in [3.63, 3.8) is 0 Å². The van der Waals surface area contributed by atoms with Crippen LogP contribution in [0.15, 0.2) is 84.0 Å². The summed E-state index contributed by atoms with van der Waals surface area (Å²) in [5, 5.41) is 25.3. The summed E-state index contributed by atoms with van der Waals surface area (Å²) < 4.78 is 28.7. The predicted octanol–water partition coefficient (Wildman–Crippen LogP) is 6.01. The van der Waals surface area contributed by atoms with Crippen molar-refractivity contribution in [2.24, 2.45) is 0 Å². The molecule has 3 aromatic carbocycles. The average molecular weight is 752 g/mol. The quantitative estimate of drug-likeness (QED) is 0.153. The Labute approximate surface area is 295 Å². The van der Waals surface area contributed by atoms with Crippen LogP contribution in [0.3, 0.4) is 0 Å². The molecule has 4 N–H and O–H groups in total. The van der Waals surface area contributed by atoms with Crippen LogP contribution in [0.2, 0.25) is 20.1 Å². The van der Waals surface area contributed by atoms with Gasteiger partial charge in [0.2, 0.25) is 15.9 Å². The first kappa shape index (κ1) is 35.4. The van der Waals surface area contributed by atoms with Crippen LogP contribution in [-0.2, 0) is 26.0 Å². The number of halogens is 4. The lowest BCUT2D eigenvalue weighted by atomic mass is 9.91. The predicted molar refractivity (Wildman–Crippen MR) is 182 cm³/mol. The molecule has 2 heterocycles. The highest BCUT2D eigenvalue weighted by atomic mass is 35.5. The molecule has 1 saturated heterocycles. The van der Waals surface area contributed by atoms with Gasteiger partial charge in [-0.05, 0) is 60.0 Å². The van der Waals surface area contributed by atoms with Crippen LogP contribution in [0.1, 0.15) is 33.8 Å². The van der Waals surface area contributed by atoms with Gasteiger partial charge in [0.25, 0.3) is 5.91 Å². The topological polar surface area (TPSA) is 166 Å². The molecular formula is C32H26Cl4N4O7S. The Morgan fingerprint density at radius 3 is 2.10 bits per heavy atom. The maximum absolute atomic E-state index is 13.9. The number of rotatable bonds is 10. The van der Waals surface area contributed by atoms with Gasteiger partial charge >= 0.3 is 5.97 Å². The molecule has 5 rings (SSSR count). The summed E-state index contributed by atoms with van der Waals surface area (Å²) in [5.41, 5.74) is 1.49. The molecule has 0 spiro atoms. The third kappa shape index (κ3) is 7.86. The van der Waals surface area contributed by atoms with Gasteiger partial charge in [-0.2, -0.15) is 4.31 Å². The number of hydrogen-bond acceptors (Lipinski definition) is 7. The molecule has 4 aromatic rings. The SMILES string of the molecule is O=C(Nc1ccc(C[C@H](NC(=O)[C@@H]2C(c3ccc(O)cc3)CCN2S(=O)(=O)c2cc(Cl)cc(Cl)c2)C(=O)O)cc1)c1c(Cl)cncc1Cl. The third-order valence-corrected chi connectivity index (χ3v) is 10.6. The van der Waals surface area contributed by atoms with Crippen LogP contribution < -0.4 is 10.6 Å². The number of benzene rings is 3. The number of nitrogens with zero attached hydrogens (tertiary/aromatic N) is 2. The van der Waals surface area contributed by atoms with Gasteiger partial charge in [-0.25, -0.2) is 13.2 Å². The van der Waals surface area contributed by atoms with E-state index in [0.29, 0.717) is 16.8 Å². The molecule has 48 heavy (non-hydrogen) atoms. The number of carbonyl (C=O) groups is 3. The van der Waals surface area contributed by atoms with Gasteiger partial charge in [0.05, 0.1) is 20.5 Å². The fraction of sp³-hybridized carbons (Fsp3) is 0.188. The van der Waals surface area contributed by atoms with Crippen LogP contribution in [0.25, 0.3) is 0 Å². The summed E-state index contributed by atoms with van der Waals surface area (Å²) in [6, 6.07) is 13.3. The molecule has 1 aliphatic heterocycles. The van der Waals surface area contributed by atoms with Crippen molar-refractivity contribution < 1.29 is 33.0 Å². The summed E-state index contributed by atoms with van der Waals surface area (Å²) in [4.78, 5) is 42.6. The number of nitrogens with one attached hydrogen (secondary N) is 2. The molecule has 0 saturated carbocycles. The number of carbonyl (C=O) groups excluding carboxylic acids is 2. The Hall–Kier alpha value is -3.91. The first-order valence-corrected chi connectivity index (χ1v) is 17.2.